The second-order valence-electron chi connectivity index (χ2n) is 6.44. The number of likely N-dealkylation sites (tertiary alicyclic amines) is 2. The number of hydrogen-bond donors (Lipinski definition) is 0. The largest absolute Gasteiger partial charge is 0.445 e. The molecule has 0 N–H and O–H groups in total. The monoisotopic (exact) mass is 313 g/mol. The molecule has 1 aromatic rings. The highest BCUT2D eigenvalue weighted by Crippen LogP contribution is 2.26. The first-order chi connectivity index (χ1) is 11.3. The summed E-state index contributed by atoms with van der Waals surface area (Å²) < 4.78 is 5.39. The Morgan fingerprint density at radius 1 is 1.22 bits per heavy atom. The van der Waals surface area contributed by atoms with Crippen molar-refractivity contribution < 1.29 is 9.53 Å². The molecule has 2 aliphatic heterocycles. The minimum absolute atomic E-state index is 0.210. The average molecular weight is 313 g/mol. The second kappa shape index (κ2) is 7.47. The zero-order valence-electron chi connectivity index (χ0n) is 13.4. The fourth-order valence-electron chi connectivity index (χ4n) is 3.39. The topological polar surface area (TPSA) is 56.6 Å². The van der Waals surface area contributed by atoms with Crippen molar-refractivity contribution in [2.75, 3.05) is 26.2 Å². The van der Waals surface area contributed by atoms with Gasteiger partial charge in [0.15, 0.2) is 0 Å². The number of benzene rings is 1. The van der Waals surface area contributed by atoms with E-state index >= 15 is 0 Å². The van der Waals surface area contributed by atoms with Crippen LogP contribution in [0.5, 0.6) is 0 Å². The normalized spacial score (nSPS) is 19.9. The van der Waals surface area contributed by atoms with Crippen LogP contribution in [0.1, 0.15) is 24.8 Å². The summed E-state index contributed by atoms with van der Waals surface area (Å²) in [5.41, 5.74) is 1.01. The molecule has 1 amide bonds. The Balaban J connectivity index is 1.37. The molecular weight excluding hydrogens is 290 g/mol. The number of hydrogen-bond acceptors (Lipinski definition) is 4. The van der Waals surface area contributed by atoms with Crippen molar-refractivity contribution in [2.24, 2.45) is 5.92 Å². The summed E-state index contributed by atoms with van der Waals surface area (Å²) in [6.07, 6.45) is 2.46. The maximum atomic E-state index is 12.1. The highest BCUT2D eigenvalue weighted by molar-refractivity contribution is 5.67. The second-order valence-corrected chi connectivity index (χ2v) is 6.44. The lowest BCUT2D eigenvalue weighted by Crippen LogP contribution is -2.55. The molecule has 0 spiro atoms. The van der Waals surface area contributed by atoms with Crippen LogP contribution in [-0.4, -0.2) is 48.1 Å². The van der Waals surface area contributed by atoms with Crippen molar-refractivity contribution >= 4 is 6.09 Å². The van der Waals surface area contributed by atoms with Gasteiger partial charge in [0.05, 0.1) is 6.07 Å². The Morgan fingerprint density at radius 3 is 2.57 bits per heavy atom. The number of rotatable bonds is 4. The Morgan fingerprint density at radius 2 is 1.91 bits per heavy atom. The van der Waals surface area contributed by atoms with E-state index in [1.54, 1.807) is 0 Å². The molecule has 0 unspecified atom stereocenters. The van der Waals surface area contributed by atoms with Crippen molar-refractivity contribution in [3.05, 3.63) is 35.9 Å². The number of ether oxygens (including phenoxy) is 1. The SMILES string of the molecule is N#CCC1CN(C2CCN(C(=O)OCc3ccccc3)CC2)C1. The molecule has 2 saturated heterocycles. The summed E-state index contributed by atoms with van der Waals surface area (Å²) in [5, 5.41) is 8.70. The lowest BCUT2D eigenvalue weighted by molar-refractivity contribution is 0.0175. The minimum Gasteiger partial charge on any atom is -0.445 e. The molecule has 0 bridgehead atoms. The van der Waals surface area contributed by atoms with Gasteiger partial charge in [0.1, 0.15) is 6.61 Å². The standard InChI is InChI=1S/C18H23N3O2/c19-9-6-16-12-21(13-16)17-7-10-20(11-8-17)18(22)23-14-15-4-2-1-3-5-15/h1-5,16-17H,6-8,10-14H2. The summed E-state index contributed by atoms with van der Waals surface area (Å²) in [6, 6.07) is 12.6. The summed E-state index contributed by atoms with van der Waals surface area (Å²) in [5.74, 6) is 0.550. The van der Waals surface area contributed by atoms with Gasteiger partial charge in [-0.25, -0.2) is 4.79 Å². The highest BCUT2D eigenvalue weighted by Gasteiger charge is 2.34. The Hall–Kier alpha value is -2.06. The Kier molecular flexibility index (Phi) is 5.14. The smallest absolute Gasteiger partial charge is 0.410 e. The van der Waals surface area contributed by atoms with Gasteiger partial charge in [0, 0.05) is 38.6 Å². The van der Waals surface area contributed by atoms with Gasteiger partial charge in [-0.3, -0.25) is 4.90 Å². The van der Waals surface area contributed by atoms with Crippen LogP contribution in [0.4, 0.5) is 4.79 Å². The van der Waals surface area contributed by atoms with E-state index in [1.165, 1.54) is 0 Å². The van der Waals surface area contributed by atoms with E-state index in [-0.39, 0.29) is 6.09 Å². The molecule has 0 radical (unpaired) electrons. The van der Waals surface area contributed by atoms with Gasteiger partial charge in [0.2, 0.25) is 0 Å². The summed E-state index contributed by atoms with van der Waals surface area (Å²) >= 11 is 0. The first-order valence-electron chi connectivity index (χ1n) is 8.33. The Labute approximate surface area is 137 Å². The molecule has 23 heavy (non-hydrogen) atoms. The third-order valence-electron chi connectivity index (χ3n) is 4.81. The number of nitrogens with zero attached hydrogens (tertiary/aromatic N) is 3. The van der Waals surface area contributed by atoms with E-state index in [2.05, 4.69) is 11.0 Å². The lowest BCUT2D eigenvalue weighted by Gasteiger charge is -2.46. The quantitative estimate of drug-likeness (QED) is 0.857. The number of carbonyl (C=O) groups is 1. The molecule has 3 rings (SSSR count). The molecule has 5 heteroatoms. The van der Waals surface area contributed by atoms with E-state index in [4.69, 9.17) is 10.00 Å². The fraction of sp³-hybridized carbons (Fsp3) is 0.556. The molecule has 5 nitrogen and oxygen atoms in total. The van der Waals surface area contributed by atoms with Crippen molar-refractivity contribution in [3.63, 3.8) is 0 Å². The van der Waals surface area contributed by atoms with E-state index in [1.807, 2.05) is 35.2 Å². The van der Waals surface area contributed by atoms with Gasteiger partial charge >= 0.3 is 6.09 Å². The molecule has 0 saturated carbocycles. The van der Waals surface area contributed by atoms with Gasteiger partial charge in [-0.15, -0.1) is 0 Å². The zero-order chi connectivity index (χ0) is 16.1. The summed E-state index contributed by atoms with van der Waals surface area (Å²) in [7, 11) is 0. The van der Waals surface area contributed by atoms with Crippen molar-refractivity contribution in [3.8, 4) is 6.07 Å². The minimum atomic E-state index is -0.210. The Bertz CT molecular complexity index is 555. The van der Waals surface area contributed by atoms with Crippen molar-refractivity contribution in [1.29, 1.82) is 5.26 Å². The summed E-state index contributed by atoms with van der Waals surface area (Å²) in [6.45, 7) is 3.93. The molecule has 122 valence electrons. The van der Waals surface area contributed by atoms with Gasteiger partial charge < -0.3 is 9.64 Å². The number of nitriles is 1. The van der Waals surface area contributed by atoms with E-state index < -0.39 is 0 Å². The molecule has 2 aliphatic rings. The predicted molar refractivity (Wildman–Crippen MR) is 86.5 cm³/mol. The number of piperidine rings is 1. The number of carbonyl (C=O) groups excluding carboxylic acids is 1. The molecule has 2 fully saturated rings. The van der Waals surface area contributed by atoms with Gasteiger partial charge in [-0.1, -0.05) is 30.3 Å². The first-order valence-corrected chi connectivity index (χ1v) is 8.33. The van der Waals surface area contributed by atoms with E-state index in [0.29, 0.717) is 25.0 Å². The zero-order valence-corrected chi connectivity index (χ0v) is 13.4. The molecule has 0 atom stereocenters. The number of amides is 1. The maximum absolute atomic E-state index is 12.1. The van der Waals surface area contributed by atoms with E-state index in [9.17, 15) is 4.79 Å². The van der Waals surface area contributed by atoms with Gasteiger partial charge in [0.25, 0.3) is 0 Å². The molecule has 1 aromatic carbocycles. The summed E-state index contributed by atoms with van der Waals surface area (Å²) in [4.78, 5) is 16.4. The van der Waals surface area contributed by atoms with Crippen LogP contribution >= 0.6 is 0 Å². The van der Waals surface area contributed by atoms with Crippen molar-refractivity contribution in [2.45, 2.75) is 31.9 Å². The maximum Gasteiger partial charge on any atom is 0.410 e. The van der Waals surface area contributed by atoms with Crippen LogP contribution in [0.2, 0.25) is 0 Å². The predicted octanol–water partition coefficient (Wildman–Crippen LogP) is 2.63. The van der Waals surface area contributed by atoms with Crippen LogP contribution in [0.25, 0.3) is 0 Å². The van der Waals surface area contributed by atoms with Crippen molar-refractivity contribution in [1.82, 2.24) is 9.80 Å². The van der Waals surface area contributed by atoms with Crippen LogP contribution in [0.15, 0.2) is 30.3 Å². The lowest BCUT2D eigenvalue weighted by atomic mass is 9.91. The van der Waals surface area contributed by atoms with Crippen LogP contribution in [0, 0.1) is 17.2 Å². The molecule has 2 heterocycles. The van der Waals surface area contributed by atoms with Crippen LogP contribution in [-0.2, 0) is 11.3 Å². The molecule has 0 aliphatic carbocycles. The first kappa shape index (κ1) is 15.8. The molecule has 0 aromatic heterocycles. The third kappa shape index (κ3) is 4.02. The highest BCUT2D eigenvalue weighted by atomic mass is 16.6. The van der Waals surface area contributed by atoms with Gasteiger partial charge in [-0.2, -0.15) is 5.26 Å². The third-order valence-corrected chi connectivity index (χ3v) is 4.81. The molecular formula is C18H23N3O2. The van der Waals surface area contributed by atoms with E-state index in [0.717, 1.165) is 44.6 Å². The average Bonchev–Trinajstić information content (AvgIpc) is 2.57. The van der Waals surface area contributed by atoms with Crippen LogP contribution in [0.3, 0.4) is 0 Å². The fourth-order valence-corrected chi connectivity index (χ4v) is 3.39. The van der Waals surface area contributed by atoms with Gasteiger partial charge in [-0.05, 0) is 24.3 Å². The van der Waals surface area contributed by atoms with Crippen LogP contribution < -0.4 is 0 Å².